The monoisotopic (exact) mass is 548 g/mol. The average molecular weight is 549 g/mol. The van der Waals surface area contributed by atoms with E-state index in [1.807, 2.05) is 25.1 Å². The van der Waals surface area contributed by atoms with Gasteiger partial charge in [0.2, 0.25) is 10.0 Å². The van der Waals surface area contributed by atoms with Crippen LogP contribution in [0.5, 0.6) is 0 Å². The molecule has 0 saturated carbocycles. The number of nitrogens with zero attached hydrogens (tertiary/aromatic N) is 2. The molecule has 3 aromatic rings. The number of pyridine rings is 1. The second-order valence-electron chi connectivity index (χ2n) is 9.31. The van der Waals surface area contributed by atoms with E-state index < -0.39 is 38.2 Å². The molecule has 0 bridgehead atoms. The maximum absolute atomic E-state index is 13.9. The summed E-state index contributed by atoms with van der Waals surface area (Å²) in [5.41, 5.74) is 0.693. The lowest BCUT2D eigenvalue weighted by Gasteiger charge is -2.38. The summed E-state index contributed by atoms with van der Waals surface area (Å²) in [6, 6.07) is 13.2. The summed E-state index contributed by atoms with van der Waals surface area (Å²) < 4.78 is 75.4. The van der Waals surface area contributed by atoms with E-state index >= 15 is 0 Å². The molecule has 1 heterocycles. The molecule has 0 aliphatic carbocycles. The Bertz CT molecular complexity index is 1390. The Hall–Kier alpha value is -3.24. The van der Waals surface area contributed by atoms with Gasteiger partial charge in [-0.2, -0.15) is 17.5 Å². The molecule has 10 heteroatoms. The van der Waals surface area contributed by atoms with Crippen molar-refractivity contribution >= 4 is 16.0 Å². The first-order valence-corrected chi connectivity index (χ1v) is 13.6. The first-order valence-electron chi connectivity index (χ1n) is 12.2. The van der Waals surface area contributed by atoms with Crippen molar-refractivity contribution in [3.8, 4) is 11.1 Å². The van der Waals surface area contributed by atoms with Crippen molar-refractivity contribution in [2.45, 2.75) is 57.1 Å². The number of carbonyl (C=O) groups is 1. The molecule has 3 rings (SSSR count). The summed E-state index contributed by atoms with van der Waals surface area (Å²) in [4.78, 5) is 15.2. The van der Waals surface area contributed by atoms with Gasteiger partial charge in [0.15, 0.2) is 0 Å². The predicted molar refractivity (Wildman–Crippen MR) is 139 cm³/mol. The van der Waals surface area contributed by atoms with Crippen LogP contribution in [0.1, 0.15) is 50.3 Å². The largest absolute Gasteiger partial charge is 0.466 e. The van der Waals surface area contributed by atoms with Gasteiger partial charge < -0.3 is 4.74 Å². The fourth-order valence-electron chi connectivity index (χ4n) is 4.35. The van der Waals surface area contributed by atoms with Gasteiger partial charge in [-0.1, -0.05) is 30.3 Å². The summed E-state index contributed by atoms with van der Waals surface area (Å²) >= 11 is 0. The summed E-state index contributed by atoms with van der Waals surface area (Å²) in [5.74, 6) is -0.506. The number of ether oxygens (including phenoxy) is 1. The number of carbonyl (C=O) groups excluding carboxylic acids is 1. The molecule has 0 radical (unpaired) electrons. The third kappa shape index (κ3) is 6.42. The lowest BCUT2D eigenvalue weighted by Crippen LogP contribution is -2.46. The molecule has 38 heavy (non-hydrogen) atoms. The minimum Gasteiger partial charge on any atom is -0.466 e. The van der Waals surface area contributed by atoms with Gasteiger partial charge >= 0.3 is 12.1 Å². The van der Waals surface area contributed by atoms with Crippen LogP contribution < -0.4 is 0 Å². The van der Waals surface area contributed by atoms with E-state index in [-0.39, 0.29) is 26.0 Å². The second kappa shape index (κ2) is 11.7. The van der Waals surface area contributed by atoms with E-state index in [1.54, 1.807) is 45.3 Å². The van der Waals surface area contributed by atoms with Crippen LogP contribution in [0, 0.1) is 6.92 Å². The summed E-state index contributed by atoms with van der Waals surface area (Å²) in [6.45, 7) is 6.82. The number of aryl methyl sites for hydroxylation is 1. The molecule has 0 fully saturated rings. The highest BCUT2D eigenvalue weighted by atomic mass is 32.2. The van der Waals surface area contributed by atoms with Crippen LogP contribution in [-0.2, 0) is 31.3 Å². The van der Waals surface area contributed by atoms with Crippen molar-refractivity contribution in [2.75, 3.05) is 13.2 Å². The van der Waals surface area contributed by atoms with E-state index in [0.717, 1.165) is 39.2 Å². The van der Waals surface area contributed by atoms with Gasteiger partial charge in [-0.15, -0.1) is 0 Å². The van der Waals surface area contributed by atoms with E-state index in [2.05, 4.69) is 4.98 Å². The minimum atomic E-state index is -4.87. The number of hydrogen-bond acceptors (Lipinski definition) is 5. The van der Waals surface area contributed by atoms with Crippen molar-refractivity contribution in [3.05, 3.63) is 83.7 Å². The number of aromatic nitrogens is 1. The highest BCUT2D eigenvalue weighted by molar-refractivity contribution is 7.89. The lowest BCUT2D eigenvalue weighted by molar-refractivity contribution is -0.143. The van der Waals surface area contributed by atoms with Crippen molar-refractivity contribution in [2.24, 2.45) is 0 Å². The fourth-order valence-corrected chi connectivity index (χ4v) is 6.38. The van der Waals surface area contributed by atoms with Crippen LogP contribution in [0.15, 0.2) is 71.9 Å². The fraction of sp³-hybridized carbons (Fsp3) is 0.357. The quantitative estimate of drug-likeness (QED) is 0.276. The Morgan fingerprint density at radius 3 is 2.42 bits per heavy atom. The first-order chi connectivity index (χ1) is 17.8. The highest BCUT2D eigenvalue weighted by Gasteiger charge is 2.43. The molecule has 2 aromatic carbocycles. The predicted octanol–water partition coefficient (Wildman–Crippen LogP) is 6.35. The van der Waals surface area contributed by atoms with Crippen LogP contribution in [0.3, 0.4) is 0 Å². The number of esters is 1. The van der Waals surface area contributed by atoms with Crippen molar-refractivity contribution in [3.63, 3.8) is 0 Å². The summed E-state index contributed by atoms with van der Waals surface area (Å²) in [6.07, 6.45) is -1.51. The van der Waals surface area contributed by atoms with Crippen LogP contribution in [0.2, 0.25) is 0 Å². The summed E-state index contributed by atoms with van der Waals surface area (Å²) in [7, 11) is -4.67. The van der Waals surface area contributed by atoms with Crippen molar-refractivity contribution < 1.29 is 31.1 Å². The molecular formula is C28H31F3N2O4S. The third-order valence-corrected chi connectivity index (χ3v) is 8.46. The van der Waals surface area contributed by atoms with Gasteiger partial charge in [-0.25, -0.2) is 8.42 Å². The Morgan fingerprint density at radius 1 is 1.05 bits per heavy atom. The minimum absolute atomic E-state index is 0.0683. The molecule has 0 aliphatic heterocycles. The molecule has 1 aromatic heterocycles. The molecule has 6 nitrogen and oxygen atoms in total. The molecule has 0 saturated heterocycles. The normalized spacial score (nSPS) is 12.5. The molecule has 0 N–H and O–H groups in total. The van der Waals surface area contributed by atoms with Crippen molar-refractivity contribution in [1.29, 1.82) is 0 Å². The molecule has 0 aliphatic rings. The van der Waals surface area contributed by atoms with Gasteiger partial charge in [0.25, 0.3) is 0 Å². The zero-order chi connectivity index (χ0) is 28.1. The van der Waals surface area contributed by atoms with E-state index in [0.29, 0.717) is 5.56 Å². The van der Waals surface area contributed by atoms with Gasteiger partial charge in [0, 0.05) is 25.4 Å². The topological polar surface area (TPSA) is 76.6 Å². The smallest absolute Gasteiger partial charge is 0.417 e. The van der Waals surface area contributed by atoms with Crippen LogP contribution in [0.4, 0.5) is 13.2 Å². The molecule has 0 amide bonds. The Kier molecular flexibility index (Phi) is 8.99. The number of alkyl halides is 3. The van der Waals surface area contributed by atoms with Gasteiger partial charge in [0.05, 0.1) is 22.6 Å². The Balaban J connectivity index is 2.12. The lowest BCUT2D eigenvalue weighted by atomic mass is 9.90. The molecule has 0 atom stereocenters. The number of rotatable bonds is 10. The van der Waals surface area contributed by atoms with E-state index in [4.69, 9.17) is 4.74 Å². The van der Waals surface area contributed by atoms with Gasteiger partial charge in [0.1, 0.15) is 0 Å². The Morgan fingerprint density at radius 2 is 1.76 bits per heavy atom. The van der Waals surface area contributed by atoms with Gasteiger partial charge in [-0.05, 0) is 80.6 Å². The van der Waals surface area contributed by atoms with Crippen LogP contribution >= 0.6 is 0 Å². The molecular weight excluding hydrogens is 517 g/mol. The number of sulfonamides is 1. The molecule has 0 unspecified atom stereocenters. The standard InChI is InChI=1S/C28H31F3N2O4S/c1-5-37-26(34)14-9-17-33(38(35,36)25-13-7-6-12-24(25)28(29,30)31)27(3,4)22-11-8-10-21(18-22)23-15-16-32-19-20(23)2/h6-8,10-13,15-16,18-19H,5,9,14,17H2,1-4H3. The van der Waals surface area contributed by atoms with E-state index in [9.17, 15) is 26.4 Å². The van der Waals surface area contributed by atoms with Crippen LogP contribution in [0.25, 0.3) is 11.1 Å². The van der Waals surface area contributed by atoms with E-state index in [1.165, 1.54) is 6.07 Å². The third-order valence-electron chi connectivity index (χ3n) is 6.33. The summed E-state index contributed by atoms with van der Waals surface area (Å²) in [5, 5.41) is 0. The maximum atomic E-state index is 13.9. The number of halogens is 3. The highest BCUT2D eigenvalue weighted by Crippen LogP contribution is 2.40. The zero-order valence-corrected chi connectivity index (χ0v) is 22.6. The SMILES string of the molecule is CCOC(=O)CCCN(C(C)(C)c1cccc(-c2ccncc2C)c1)S(=O)(=O)c1ccccc1C(F)(F)F. The number of benzene rings is 2. The molecule has 0 spiro atoms. The van der Waals surface area contributed by atoms with Gasteiger partial charge in [-0.3, -0.25) is 9.78 Å². The Labute approximate surface area is 221 Å². The maximum Gasteiger partial charge on any atom is 0.417 e. The number of hydrogen-bond donors (Lipinski definition) is 0. The van der Waals surface area contributed by atoms with Crippen LogP contribution in [-0.4, -0.2) is 36.8 Å². The van der Waals surface area contributed by atoms with Crippen molar-refractivity contribution in [1.82, 2.24) is 9.29 Å². The zero-order valence-electron chi connectivity index (χ0n) is 21.7. The average Bonchev–Trinajstić information content (AvgIpc) is 2.86. The second-order valence-corrected chi connectivity index (χ2v) is 11.1. The molecule has 204 valence electrons. The first kappa shape index (κ1) is 29.3.